The zero-order valence-electron chi connectivity index (χ0n) is 14.8. The summed E-state index contributed by atoms with van der Waals surface area (Å²) in [5.41, 5.74) is 0.840. The molecule has 26 heavy (non-hydrogen) atoms. The molecule has 2 saturated heterocycles. The summed E-state index contributed by atoms with van der Waals surface area (Å²) in [6.07, 6.45) is 5.39. The molecular weight excluding hydrogens is 334 g/mol. The molecule has 0 amide bonds. The Hall–Kier alpha value is -2.19. The number of aromatic nitrogens is 3. The number of aliphatic carboxylic acids is 1. The highest BCUT2D eigenvalue weighted by molar-refractivity contribution is 5.87. The van der Waals surface area contributed by atoms with Gasteiger partial charge in [0.1, 0.15) is 17.8 Å². The van der Waals surface area contributed by atoms with E-state index in [1.54, 1.807) is 6.33 Å². The lowest BCUT2D eigenvalue weighted by Gasteiger charge is -2.45. The van der Waals surface area contributed by atoms with Crippen molar-refractivity contribution in [1.82, 2.24) is 19.9 Å². The van der Waals surface area contributed by atoms with Gasteiger partial charge in [0.25, 0.3) is 0 Å². The molecule has 2 aromatic rings. The summed E-state index contributed by atoms with van der Waals surface area (Å²) >= 11 is 0. The Labute approximate surface area is 152 Å². The van der Waals surface area contributed by atoms with Crippen LogP contribution in [0.25, 0.3) is 11.0 Å². The number of hydrogen-bond acceptors (Lipinski definition) is 6. The molecule has 2 aromatic heterocycles. The number of carbonyl (C=O) groups is 1. The second kappa shape index (κ2) is 7.59. The summed E-state index contributed by atoms with van der Waals surface area (Å²) in [4.78, 5) is 27.8. The summed E-state index contributed by atoms with van der Waals surface area (Å²) in [6.45, 7) is 5.15. The Morgan fingerprint density at radius 1 is 1.31 bits per heavy atom. The third-order valence-corrected chi connectivity index (χ3v) is 5.57. The maximum absolute atomic E-state index is 11.1. The van der Waals surface area contributed by atoms with E-state index in [2.05, 4.69) is 24.8 Å². The van der Waals surface area contributed by atoms with Crippen LogP contribution in [0.1, 0.15) is 19.3 Å². The zero-order chi connectivity index (χ0) is 17.9. The van der Waals surface area contributed by atoms with Crippen molar-refractivity contribution < 1.29 is 14.6 Å². The Morgan fingerprint density at radius 2 is 2.15 bits per heavy atom. The minimum absolute atomic E-state index is 0.211. The number of ether oxygens (including phenoxy) is 1. The molecule has 0 radical (unpaired) electrons. The first-order valence-electron chi connectivity index (χ1n) is 9.29. The molecule has 140 valence electrons. The lowest BCUT2D eigenvalue weighted by atomic mass is 9.86. The van der Waals surface area contributed by atoms with E-state index in [0.717, 1.165) is 62.7 Å². The van der Waals surface area contributed by atoms with Crippen LogP contribution in [0.2, 0.25) is 0 Å². The van der Waals surface area contributed by atoms with Crippen molar-refractivity contribution >= 4 is 22.8 Å². The first-order valence-corrected chi connectivity index (χ1v) is 9.29. The fourth-order valence-corrected chi connectivity index (χ4v) is 4.31. The number of nitrogens with zero attached hydrogens (tertiary/aromatic N) is 4. The van der Waals surface area contributed by atoms with Crippen molar-refractivity contribution in [2.45, 2.75) is 25.3 Å². The third-order valence-electron chi connectivity index (χ3n) is 5.57. The molecule has 2 atom stereocenters. The summed E-state index contributed by atoms with van der Waals surface area (Å²) in [7, 11) is 0. The van der Waals surface area contributed by atoms with Gasteiger partial charge in [0.2, 0.25) is 0 Å². The number of piperidine rings is 1. The van der Waals surface area contributed by atoms with Gasteiger partial charge in [0.05, 0.1) is 18.6 Å². The number of hydrogen-bond donors (Lipinski definition) is 2. The molecule has 8 heteroatoms. The number of aromatic amines is 1. The van der Waals surface area contributed by atoms with E-state index in [9.17, 15) is 4.79 Å². The van der Waals surface area contributed by atoms with E-state index in [4.69, 9.17) is 9.84 Å². The molecule has 0 unspecified atom stereocenters. The summed E-state index contributed by atoms with van der Waals surface area (Å²) in [6, 6.07) is 2.42. The number of carboxylic acids is 1. The zero-order valence-corrected chi connectivity index (χ0v) is 14.8. The van der Waals surface area contributed by atoms with Gasteiger partial charge in [0, 0.05) is 44.8 Å². The highest BCUT2D eigenvalue weighted by Gasteiger charge is 2.35. The standard InChI is InChI=1S/C18H25N5O3/c24-16(25)2-1-13-11-23(6-4-15(13)22-7-9-26-10-8-22)18-14-3-5-19-17(14)20-12-21-18/h3,5,12-13,15H,1-2,4,6-11H2,(H,24,25)(H,19,20,21)/t13-,15+/m1/s1. The van der Waals surface area contributed by atoms with E-state index in [1.807, 2.05) is 12.3 Å². The number of nitrogens with one attached hydrogen (secondary N) is 1. The molecule has 0 aromatic carbocycles. The smallest absolute Gasteiger partial charge is 0.303 e. The number of carboxylic acid groups (broad SMARTS) is 1. The molecule has 8 nitrogen and oxygen atoms in total. The molecule has 4 rings (SSSR count). The predicted octanol–water partition coefficient (Wildman–Crippen LogP) is 1.35. The topological polar surface area (TPSA) is 94.6 Å². The number of rotatable bonds is 5. The highest BCUT2D eigenvalue weighted by atomic mass is 16.5. The third kappa shape index (κ3) is 3.52. The van der Waals surface area contributed by atoms with Crippen LogP contribution in [0.5, 0.6) is 0 Å². The first-order chi connectivity index (χ1) is 12.7. The minimum atomic E-state index is -0.724. The lowest BCUT2D eigenvalue weighted by molar-refractivity contribution is -0.137. The average molecular weight is 359 g/mol. The Kier molecular flexibility index (Phi) is 5.03. The number of morpholine rings is 1. The van der Waals surface area contributed by atoms with Crippen LogP contribution in [0.4, 0.5) is 5.82 Å². The Bertz CT molecular complexity index is 758. The van der Waals surface area contributed by atoms with Gasteiger partial charge in [-0.2, -0.15) is 0 Å². The normalized spacial score (nSPS) is 24.8. The van der Waals surface area contributed by atoms with Gasteiger partial charge in [-0.1, -0.05) is 0 Å². The quantitative estimate of drug-likeness (QED) is 0.832. The van der Waals surface area contributed by atoms with Crippen LogP contribution in [0.15, 0.2) is 18.6 Å². The number of H-pyrrole nitrogens is 1. The summed E-state index contributed by atoms with van der Waals surface area (Å²) < 4.78 is 5.49. The highest BCUT2D eigenvalue weighted by Crippen LogP contribution is 2.31. The largest absolute Gasteiger partial charge is 0.481 e. The van der Waals surface area contributed by atoms with Crippen LogP contribution in [-0.2, 0) is 9.53 Å². The van der Waals surface area contributed by atoms with Crippen molar-refractivity contribution in [3.8, 4) is 0 Å². The van der Waals surface area contributed by atoms with Gasteiger partial charge in [-0.15, -0.1) is 0 Å². The van der Waals surface area contributed by atoms with E-state index >= 15 is 0 Å². The van der Waals surface area contributed by atoms with Crippen LogP contribution < -0.4 is 4.90 Å². The van der Waals surface area contributed by atoms with Crippen molar-refractivity contribution in [3.05, 3.63) is 18.6 Å². The average Bonchev–Trinajstić information content (AvgIpc) is 3.15. The molecule has 0 bridgehead atoms. The maximum Gasteiger partial charge on any atom is 0.303 e. The van der Waals surface area contributed by atoms with Gasteiger partial charge < -0.3 is 19.7 Å². The molecule has 0 saturated carbocycles. The van der Waals surface area contributed by atoms with E-state index in [0.29, 0.717) is 18.4 Å². The number of fused-ring (bicyclic) bond motifs is 1. The Morgan fingerprint density at radius 3 is 2.96 bits per heavy atom. The van der Waals surface area contributed by atoms with E-state index < -0.39 is 5.97 Å². The van der Waals surface area contributed by atoms with Gasteiger partial charge in [0.15, 0.2) is 0 Å². The molecule has 4 heterocycles. The summed E-state index contributed by atoms with van der Waals surface area (Å²) in [5.74, 6) is 0.525. The van der Waals surface area contributed by atoms with Crippen molar-refractivity contribution in [2.24, 2.45) is 5.92 Å². The van der Waals surface area contributed by atoms with Crippen LogP contribution in [0, 0.1) is 5.92 Å². The molecule has 0 spiro atoms. The molecule has 2 aliphatic rings. The van der Waals surface area contributed by atoms with E-state index in [-0.39, 0.29) is 6.42 Å². The molecule has 2 fully saturated rings. The van der Waals surface area contributed by atoms with E-state index in [1.165, 1.54) is 0 Å². The van der Waals surface area contributed by atoms with Gasteiger partial charge in [-0.05, 0) is 24.8 Å². The molecule has 2 N–H and O–H groups in total. The fourth-order valence-electron chi connectivity index (χ4n) is 4.31. The SMILES string of the molecule is O=C(O)CC[C@@H]1CN(c2ncnc3[nH]ccc23)CC[C@@H]1N1CCOCC1. The fraction of sp³-hybridized carbons (Fsp3) is 0.611. The van der Waals surface area contributed by atoms with Gasteiger partial charge in [-0.3, -0.25) is 9.69 Å². The molecule has 0 aliphatic carbocycles. The van der Waals surface area contributed by atoms with Crippen molar-refractivity contribution in [1.29, 1.82) is 0 Å². The van der Waals surface area contributed by atoms with Gasteiger partial charge >= 0.3 is 5.97 Å². The van der Waals surface area contributed by atoms with Crippen LogP contribution >= 0.6 is 0 Å². The number of anilines is 1. The van der Waals surface area contributed by atoms with Crippen molar-refractivity contribution in [2.75, 3.05) is 44.3 Å². The Balaban J connectivity index is 1.54. The minimum Gasteiger partial charge on any atom is -0.481 e. The molecule has 2 aliphatic heterocycles. The second-order valence-electron chi connectivity index (χ2n) is 7.08. The van der Waals surface area contributed by atoms with Crippen LogP contribution in [-0.4, -0.2) is 76.4 Å². The van der Waals surface area contributed by atoms with Crippen LogP contribution in [0.3, 0.4) is 0 Å². The summed E-state index contributed by atoms with van der Waals surface area (Å²) in [5, 5.41) is 10.2. The lowest BCUT2D eigenvalue weighted by Crippen LogP contribution is -2.54. The predicted molar refractivity (Wildman–Crippen MR) is 97.3 cm³/mol. The van der Waals surface area contributed by atoms with Gasteiger partial charge in [-0.25, -0.2) is 9.97 Å². The first kappa shape index (κ1) is 17.2. The second-order valence-corrected chi connectivity index (χ2v) is 7.08. The monoisotopic (exact) mass is 359 g/mol. The maximum atomic E-state index is 11.1. The van der Waals surface area contributed by atoms with Crippen molar-refractivity contribution in [3.63, 3.8) is 0 Å². The molecular formula is C18H25N5O3.